The van der Waals surface area contributed by atoms with Crippen LogP contribution in [0.15, 0.2) is 6.07 Å². The van der Waals surface area contributed by atoms with Crippen molar-refractivity contribution in [3.05, 3.63) is 17.5 Å². The van der Waals surface area contributed by atoms with Gasteiger partial charge in [0.05, 0.1) is 0 Å². The Labute approximate surface area is 88.6 Å². The number of nitrogens with one attached hydrogen (secondary N) is 1. The molecular formula is C10H15N3O2. The van der Waals surface area contributed by atoms with E-state index in [1.807, 2.05) is 19.9 Å². The molecule has 0 saturated heterocycles. The fourth-order valence-electron chi connectivity index (χ4n) is 1.15. The molecule has 82 valence electrons. The topological polar surface area (TPSA) is 75.1 Å². The van der Waals surface area contributed by atoms with Crippen LogP contribution in [-0.4, -0.2) is 27.6 Å². The number of anilines is 1. The number of aliphatic carboxylic acids is 1. The molecule has 0 unspecified atom stereocenters. The van der Waals surface area contributed by atoms with Gasteiger partial charge in [0.2, 0.25) is 5.95 Å². The quantitative estimate of drug-likeness (QED) is 0.759. The van der Waals surface area contributed by atoms with Crippen molar-refractivity contribution in [2.24, 2.45) is 0 Å². The van der Waals surface area contributed by atoms with Crippen LogP contribution >= 0.6 is 0 Å². The average Bonchev–Trinajstić information content (AvgIpc) is 2.25. The number of carbonyl (C=O) groups is 1. The van der Waals surface area contributed by atoms with Gasteiger partial charge in [0.25, 0.3) is 0 Å². The van der Waals surface area contributed by atoms with E-state index in [-0.39, 0.29) is 6.54 Å². The van der Waals surface area contributed by atoms with Crippen LogP contribution in [0.2, 0.25) is 0 Å². The lowest BCUT2D eigenvalue weighted by Gasteiger charge is -2.06. The zero-order valence-corrected chi connectivity index (χ0v) is 8.95. The first-order valence-corrected chi connectivity index (χ1v) is 4.98. The maximum Gasteiger partial charge on any atom is 0.322 e. The molecule has 0 aliphatic carbocycles. The molecule has 0 aromatic carbocycles. The van der Waals surface area contributed by atoms with Gasteiger partial charge in [-0.25, -0.2) is 9.97 Å². The molecular weight excluding hydrogens is 194 g/mol. The number of hydrogen-bond donors (Lipinski definition) is 2. The second-order valence-electron chi connectivity index (χ2n) is 3.13. The summed E-state index contributed by atoms with van der Waals surface area (Å²) >= 11 is 0. The first kappa shape index (κ1) is 11.4. The number of aromatic nitrogens is 2. The Morgan fingerprint density at radius 3 is 2.27 bits per heavy atom. The standard InChI is InChI=1S/C10H15N3O2/c1-3-7-5-8(4-2)13-10(12-7)11-6-9(14)15/h5H,3-4,6H2,1-2H3,(H,14,15)(H,11,12,13). The lowest BCUT2D eigenvalue weighted by atomic mass is 10.2. The summed E-state index contributed by atoms with van der Waals surface area (Å²) in [5.74, 6) is -0.521. The first-order chi connectivity index (χ1) is 7.15. The molecule has 2 N–H and O–H groups in total. The highest BCUT2D eigenvalue weighted by atomic mass is 16.4. The molecule has 0 bridgehead atoms. The van der Waals surface area contributed by atoms with Crippen LogP contribution in [-0.2, 0) is 17.6 Å². The number of nitrogens with zero attached hydrogens (tertiary/aromatic N) is 2. The number of carboxylic acids is 1. The van der Waals surface area contributed by atoms with Gasteiger partial charge in [-0.05, 0) is 18.9 Å². The summed E-state index contributed by atoms with van der Waals surface area (Å²) in [6.45, 7) is 3.85. The van der Waals surface area contributed by atoms with Gasteiger partial charge in [-0.3, -0.25) is 4.79 Å². The van der Waals surface area contributed by atoms with Crippen molar-refractivity contribution < 1.29 is 9.90 Å². The van der Waals surface area contributed by atoms with Crippen LogP contribution in [0.3, 0.4) is 0 Å². The fraction of sp³-hybridized carbons (Fsp3) is 0.500. The maximum absolute atomic E-state index is 10.4. The van der Waals surface area contributed by atoms with E-state index in [0.717, 1.165) is 24.2 Å². The Hall–Kier alpha value is -1.65. The predicted octanol–water partition coefficient (Wildman–Crippen LogP) is 1.10. The molecule has 1 rings (SSSR count). The molecule has 1 heterocycles. The summed E-state index contributed by atoms with van der Waals surface area (Å²) in [5.41, 5.74) is 1.85. The highest BCUT2D eigenvalue weighted by Gasteiger charge is 2.03. The molecule has 0 spiro atoms. The molecule has 0 radical (unpaired) electrons. The van der Waals surface area contributed by atoms with E-state index in [0.29, 0.717) is 5.95 Å². The zero-order chi connectivity index (χ0) is 11.3. The predicted molar refractivity (Wildman–Crippen MR) is 56.9 cm³/mol. The van der Waals surface area contributed by atoms with Crippen LogP contribution < -0.4 is 5.32 Å². The van der Waals surface area contributed by atoms with Gasteiger partial charge in [0.15, 0.2) is 0 Å². The summed E-state index contributed by atoms with van der Waals surface area (Å²) in [7, 11) is 0. The van der Waals surface area contributed by atoms with Crippen molar-refractivity contribution in [3.63, 3.8) is 0 Å². The van der Waals surface area contributed by atoms with E-state index >= 15 is 0 Å². The van der Waals surface area contributed by atoms with Crippen LogP contribution in [0.4, 0.5) is 5.95 Å². The van der Waals surface area contributed by atoms with Crippen molar-refractivity contribution in [3.8, 4) is 0 Å². The smallest absolute Gasteiger partial charge is 0.322 e. The van der Waals surface area contributed by atoms with Gasteiger partial charge in [-0.15, -0.1) is 0 Å². The summed E-state index contributed by atoms with van der Waals surface area (Å²) < 4.78 is 0. The van der Waals surface area contributed by atoms with Gasteiger partial charge in [-0.2, -0.15) is 0 Å². The van der Waals surface area contributed by atoms with Crippen LogP contribution in [0, 0.1) is 0 Å². The Balaban J connectivity index is 2.81. The minimum atomic E-state index is -0.918. The highest BCUT2D eigenvalue weighted by molar-refractivity contribution is 5.71. The molecule has 15 heavy (non-hydrogen) atoms. The van der Waals surface area contributed by atoms with E-state index in [2.05, 4.69) is 15.3 Å². The summed E-state index contributed by atoms with van der Waals surface area (Å²) in [4.78, 5) is 18.7. The zero-order valence-electron chi connectivity index (χ0n) is 8.95. The third kappa shape index (κ3) is 3.53. The minimum Gasteiger partial charge on any atom is -0.480 e. The summed E-state index contributed by atoms with van der Waals surface area (Å²) in [5, 5.41) is 11.2. The normalized spacial score (nSPS) is 10.0. The minimum absolute atomic E-state index is 0.156. The summed E-state index contributed by atoms with van der Waals surface area (Å²) in [6.07, 6.45) is 1.63. The van der Waals surface area contributed by atoms with Crippen molar-refractivity contribution >= 4 is 11.9 Å². The molecule has 1 aromatic heterocycles. The van der Waals surface area contributed by atoms with Crippen LogP contribution in [0.25, 0.3) is 0 Å². The third-order valence-corrected chi connectivity index (χ3v) is 1.95. The third-order valence-electron chi connectivity index (χ3n) is 1.95. The SMILES string of the molecule is CCc1cc(CC)nc(NCC(=O)O)n1. The molecule has 0 aliphatic heterocycles. The molecule has 0 fully saturated rings. The van der Waals surface area contributed by atoms with Gasteiger partial charge >= 0.3 is 5.97 Å². The lowest BCUT2D eigenvalue weighted by Crippen LogP contribution is -2.15. The monoisotopic (exact) mass is 209 g/mol. The van der Waals surface area contributed by atoms with Gasteiger partial charge < -0.3 is 10.4 Å². The van der Waals surface area contributed by atoms with Gasteiger partial charge in [-0.1, -0.05) is 13.8 Å². The first-order valence-electron chi connectivity index (χ1n) is 4.98. The molecule has 5 nitrogen and oxygen atoms in total. The van der Waals surface area contributed by atoms with Crippen molar-refractivity contribution in [2.75, 3.05) is 11.9 Å². The Morgan fingerprint density at radius 1 is 1.33 bits per heavy atom. The maximum atomic E-state index is 10.4. The molecule has 0 aliphatic rings. The van der Waals surface area contributed by atoms with Gasteiger partial charge in [0.1, 0.15) is 6.54 Å². The Kier molecular flexibility index (Phi) is 4.03. The van der Waals surface area contributed by atoms with E-state index in [9.17, 15) is 4.79 Å². The lowest BCUT2D eigenvalue weighted by molar-refractivity contribution is -0.134. The second kappa shape index (κ2) is 5.29. The highest BCUT2D eigenvalue weighted by Crippen LogP contribution is 2.06. The van der Waals surface area contributed by atoms with E-state index in [4.69, 9.17) is 5.11 Å². The number of hydrogen-bond acceptors (Lipinski definition) is 4. The van der Waals surface area contributed by atoms with E-state index in [1.165, 1.54) is 0 Å². The van der Waals surface area contributed by atoms with Gasteiger partial charge in [0, 0.05) is 11.4 Å². The van der Waals surface area contributed by atoms with E-state index in [1.54, 1.807) is 0 Å². The Morgan fingerprint density at radius 2 is 1.87 bits per heavy atom. The number of carboxylic acid groups (broad SMARTS) is 1. The van der Waals surface area contributed by atoms with Crippen LogP contribution in [0.5, 0.6) is 0 Å². The van der Waals surface area contributed by atoms with Crippen molar-refractivity contribution in [1.82, 2.24) is 9.97 Å². The largest absolute Gasteiger partial charge is 0.480 e. The number of aryl methyl sites for hydroxylation is 2. The molecule has 1 aromatic rings. The molecule has 0 atom stereocenters. The Bertz CT molecular complexity index is 330. The molecule has 0 saturated carbocycles. The molecule has 0 amide bonds. The average molecular weight is 209 g/mol. The summed E-state index contributed by atoms with van der Waals surface area (Å²) in [6, 6.07) is 1.94. The fourth-order valence-corrected chi connectivity index (χ4v) is 1.15. The van der Waals surface area contributed by atoms with Crippen molar-refractivity contribution in [1.29, 1.82) is 0 Å². The van der Waals surface area contributed by atoms with Crippen LogP contribution in [0.1, 0.15) is 25.2 Å². The number of rotatable bonds is 5. The van der Waals surface area contributed by atoms with E-state index < -0.39 is 5.97 Å². The van der Waals surface area contributed by atoms with Crippen molar-refractivity contribution in [2.45, 2.75) is 26.7 Å². The second-order valence-corrected chi connectivity index (χ2v) is 3.13. The molecule has 5 heteroatoms.